The van der Waals surface area contributed by atoms with E-state index in [-0.39, 0.29) is 17.7 Å². The molecule has 0 aliphatic carbocycles. The van der Waals surface area contributed by atoms with Crippen molar-refractivity contribution < 1.29 is 9.59 Å². The van der Waals surface area contributed by atoms with Crippen LogP contribution in [0.4, 0.5) is 0 Å². The molecule has 6 nitrogen and oxygen atoms in total. The summed E-state index contributed by atoms with van der Waals surface area (Å²) in [5.74, 6) is 0.291. The van der Waals surface area contributed by atoms with Crippen LogP contribution < -0.4 is 0 Å². The van der Waals surface area contributed by atoms with Crippen LogP contribution >= 0.6 is 11.6 Å². The molecule has 142 valence electrons. The highest BCUT2D eigenvalue weighted by Crippen LogP contribution is 2.31. The molecule has 1 aromatic heterocycles. The molecule has 1 saturated heterocycles. The third kappa shape index (κ3) is 3.58. The summed E-state index contributed by atoms with van der Waals surface area (Å²) in [5.41, 5.74) is 4.01. The van der Waals surface area contributed by atoms with Crippen LogP contribution in [0.3, 0.4) is 0 Å². The van der Waals surface area contributed by atoms with Crippen molar-refractivity contribution in [1.29, 1.82) is 0 Å². The first-order chi connectivity index (χ1) is 13.0. The first-order valence-electron chi connectivity index (χ1n) is 9.39. The molecule has 27 heavy (non-hydrogen) atoms. The van der Waals surface area contributed by atoms with Crippen molar-refractivity contribution in [2.24, 2.45) is 5.92 Å². The molecule has 2 aliphatic heterocycles. The molecule has 1 fully saturated rings. The number of piperidine rings is 1. The van der Waals surface area contributed by atoms with Crippen molar-refractivity contribution in [3.05, 3.63) is 40.5 Å². The van der Waals surface area contributed by atoms with Crippen molar-refractivity contribution in [3.8, 4) is 11.3 Å². The zero-order chi connectivity index (χ0) is 19.0. The van der Waals surface area contributed by atoms with E-state index in [2.05, 4.69) is 10.2 Å². The van der Waals surface area contributed by atoms with Gasteiger partial charge in [-0.2, -0.15) is 5.10 Å². The molecule has 2 aromatic rings. The van der Waals surface area contributed by atoms with Gasteiger partial charge in [0.2, 0.25) is 11.8 Å². The average molecular weight is 387 g/mol. The number of hydrogen-bond donors (Lipinski definition) is 1. The molecule has 0 saturated carbocycles. The summed E-state index contributed by atoms with van der Waals surface area (Å²) in [7, 11) is 0. The summed E-state index contributed by atoms with van der Waals surface area (Å²) in [4.78, 5) is 28.3. The number of nitrogens with zero attached hydrogens (tertiary/aromatic N) is 3. The number of aromatic nitrogens is 2. The number of carbonyl (C=O) groups excluding carboxylic acids is 2. The molecule has 4 rings (SSSR count). The number of aromatic amines is 1. The molecule has 1 N–H and O–H groups in total. The van der Waals surface area contributed by atoms with Gasteiger partial charge in [0.1, 0.15) is 0 Å². The predicted octanol–water partition coefficient (Wildman–Crippen LogP) is 2.87. The average Bonchev–Trinajstić information content (AvgIpc) is 3.10. The smallest absolute Gasteiger partial charge is 0.226 e. The van der Waals surface area contributed by atoms with Crippen LogP contribution in [0, 0.1) is 5.92 Å². The number of halogens is 1. The predicted molar refractivity (Wildman–Crippen MR) is 103 cm³/mol. The molecule has 0 bridgehead atoms. The van der Waals surface area contributed by atoms with E-state index in [1.54, 1.807) is 6.92 Å². The molecule has 1 aromatic carbocycles. The normalized spacial score (nSPS) is 17.7. The third-order valence-electron chi connectivity index (χ3n) is 5.63. The van der Waals surface area contributed by atoms with Gasteiger partial charge in [0.05, 0.1) is 5.69 Å². The number of H-pyrrole nitrogens is 1. The molecule has 3 heterocycles. The lowest BCUT2D eigenvalue weighted by Crippen LogP contribution is -2.45. The van der Waals surface area contributed by atoms with E-state index in [1.807, 2.05) is 34.1 Å². The molecular formula is C20H23ClN4O2. The van der Waals surface area contributed by atoms with Crippen LogP contribution in [0.25, 0.3) is 11.3 Å². The molecule has 0 unspecified atom stereocenters. The van der Waals surface area contributed by atoms with Crippen LogP contribution in [-0.2, 0) is 22.6 Å². The summed E-state index contributed by atoms with van der Waals surface area (Å²) >= 11 is 6.13. The summed E-state index contributed by atoms with van der Waals surface area (Å²) in [6.07, 6.45) is 2.27. The van der Waals surface area contributed by atoms with E-state index in [0.29, 0.717) is 31.2 Å². The maximum Gasteiger partial charge on any atom is 0.226 e. The SMILES string of the molecule is CC(=O)N1CCC(C(=O)N2CCc3[nH]nc(-c4cccc(Cl)c4)c3C2)CC1. The monoisotopic (exact) mass is 386 g/mol. The number of hydrogen-bond acceptors (Lipinski definition) is 3. The van der Waals surface area contributed by atoms with Crippen LogP contribution in [0.2, 0.25) is 5.02 Å². The van der Waals surface area contributed by atoms with Crippen LogP contribution in [0.5, 0.6) is 0 Å². The Hall–Kier alpha value is -2.34. The van der Waals surface area contributed by atoms with Crippen LogP contribution in [0.15, 0.2) is 24.3 Å². The second-order valence-electron chi connectivity index (χ2n) is 7.33. The quantitative estimate of drug-likeness (QED) is 0.862. The fourth-order valence-corrected chi connectivity index (χ4v) is 4.25. The summed E-state index contributed by atoms with van der Waals surface area (Å²) in [6, 6.07) is 7.64. The van der Waals surface area contributed by atoms with Crippen LogP contribution in [0.1, 0.15) is 31.0 Å². The van der Waals surface area contributed by atoms with Crippen molar-refractivity contribution >= 4 is 23.4 Å². The molecule has 2 amide bonds. The Bertz CT molecular complexity index is 871. The third-order valence-corrected chi connectivity index (χ3v) is 5.87. The maximum absolute atomic E-state index is 13.0. The lowest BCUT2D eigenvalue weighted by atomic mass is 9.93. The van der Waals surface area contributed by atoms with Gasteiger partial charge in [-0.1, -0.05) is 23.7 Å². The van der Waals surface area contributed by atoms with E-state index in [9.17, 15) is 9.59 Å². The number of carbonyl (C=O) groups is 2. The Morgan fingerprint density at radius 1 is 1.19 bits per heavy atom. The maximum atomic E-state index is 13.0. The van der Waals surface area contributed by atoms with E-state index in [4.69, 9.17) is 11.6 Å². The Kier molecular flexibility index (Phi) is 4.91. The second-order valence-corrected chi connectivity index (χ2v) is 7.77. The van der Waals surface area contributed by atoms with Gasteiger partial charge in [-0.05, 0) is 25.0 Å². The topological polar surface area (TPSA) is 69.3 Å². The molecule has 0 radical (unpaired) electrons. The minimum Gasteiger partial charge on any atom is -0.343 e. The Labute approximate surface area is 163 Å². The summed E-state index contributed by atoms with van der Waals surface area (Å²) in [6.45, 7) is 4.20. The number of rotatable bonds is 2. The summed E-state index contributed by atoms with van der Waals surface area (Å²) in [5, 5.41) is 8.28. The number of benzene rings is 1. The van der Waals surface area contributed by atoms with Gasteiger partial charge < -0.3 is 9.80 Å². The standard InChI is InChI=1S/C20H23ClN4O2/c1-13(26)24-8-5-14(6-9-24)20(27)25-10-7-18-17(12-25)19(23-22-18)15-3-2-4-16(21)11-15/h2-4,11,14H,5-10,12H2,1H3,(H,22,23). The highest BCUT2D eigenvalue weighted by molar-refractivity contribution is 6.30. The molecule has 0 atom stereocenters. The zero-order valence-electron chi connectivity index (χ0n) is 15.4. The lowest BCUT2D eigenvalue weighted by Gasteiger charge is -2.35. The second kappa shape index (κ2) is 7.35. The van der Waals surface area contributed by atoms with Crippen molar-refractivity contribution in [3.63, 3.8) is 0 Å². The number of fused-ring (bicyclic) bond motifs is 1. The number of amides is 2. The minimum absolute atomic E-state index is 0.00340. The Balaban J connectivity index is 1.49. The van der Waals surface area contributed by atoms with Gasteiger partial charge in [0, 0.05) is 67.3 Å². The van der Waals surface area contributed by atoms with Crippen molar-refractivity contribution in [1.82, 2.24) is 20.0 Å². The summed E-state index contributed by atoms with van der Waals surface area (Å²) < 4.78 is 0. The van der Waals surface area contributed by atoms with E-state index in [0.717, 1.165) is 41.8 Å². The van der Waals surface area contributed by atoms with Crippen LogP contribution in [-0.4, -0.2) is 51.4 Å². The highest BCUT2D eigenvalue weighted by Gasteiger charge is 2.32. The van der Waals surface area contributed by atoms with Gasteiger partial charge in [-0.25, -0.2) is 0 Å². The van der Waals surface area contributed by atoms with Crippen molar-refractivity contribution in [2.45, 2.75) is 32.7 Å². The van der Waals surface area contributed by atoms with E-state index in [1.165, 1.54) is 0 Å². The van der Waals surface area contributed by atoms with Gasteiger partial charge in [-0.3, -0.25) is 14.7 Å². The number of likely N-dealkylation sites (tertiary alicyclic amines) is 1. The first kappa shape index (κ1) is 18.0. The molecule has 2 aliphatic rings. The fourth-order valence-electron chi connectivity index (χ4n) is 4.06. The number of nitrogens with one attached hydrogen (secondary N) is 1. The minimum atomic E-state index is 0.00340. The largest absolute Gasteiger partial charge is 0.343 e. The zero-order valence-corrected chi connectivity index (χ0v) is 16.1. The molecule has 0 spiro atoms. The highest BCUT2D eigenvalue weighted by atomic mass is 35.5. The molecular weight excluding hydrogens is 364 g/mol. The fraction of sp³-hybridized carbons (Fsp3) is 0.450. The van der Waals surface area contributed by atoms with E-state index >= 15 is 0 Å². The van der Waals surface area contributed by atoms with Gasteiger partial charge >= 0.3 is 0 Å². The van der Waals surface area contributed by atoms with Gasteiger partial charge in [-0.15, -0.1) is 0 Å². The molecule has 7 heteroatoms. The van der Waals surface area contributed by atoms with E-state index < -0.39 is 0 Å². The Morgan fingerprint density at radius 2 is 1.96 bits per heavy atom. The van der Waals surface area contributed by atoms with Gasteiger partial charge in [0.15, 0.2) is 0 Å². The first-order valence-corrected chi connectivity index (χ1v) is 9.77. The Morgan fingerprint density at radius 3 is 2.67 bits per heavy atom. The lowest BCUT2D eigenvalue weighted by molar-refractivity contribution is -0.140. The van der Waals surface area contributed by atoms with Gasteiger partial charge in [0.25, 0.3) is 0 Å². The van der Waals surface area contributed by atoms with Crippen molar-refractivity contribution in [2.75, 3.05) is 19.6 Å².